The Morgan fingerprint density at radius 1 is 1.45 bits per heavy atom. The first-order chi connectivity index (χ1) is 9.10. The summed E-state index contributed by atoms with van der Waals surface area (Å²) in [6.45, 7) is 4.57. The van der Waals surface area contributed by atoms with Gasteiger partial charge in [0.05, 0.1) is 6.61 Å². The Balaban J connectivity index is 3.28. The third-order valence-corrected chi connectivity index (χ3v) is 4.59. The highest BCUT2D eigenvalue weighted by Crippen LogP contribution is 2.28. The third-order valence-electron chi connectivity index (χ3n) is 2.42. The van der Waals surface area contributed by atoms with Crippen LogP contribution in [0.1, 0.15) is 20.8 Å². The topological polar surface area (TPSA) is 92.7 Å². The Morgan fingerprint density at radius 2 is 2.05 bits per heavy atom. The van der Waals surface area contributed by atoms with Crippen LogP contribution in [0.5, 0.6) is 5.75 Å². The first-order valence-corrected chi connectivity index (χ1v) is 8.07. The van der Waals surface area contributed by atoms with Crippen molar-refractivity contribution in [1.82, 2.24) is 4.72 Å². The molecule has 0 radical (unpaired) electrons. The Labute approximate surface area is 126 Å². The van der Waals surface area contributed by atoms with Crippen molar-refractivity contribution in [3.8, 4) is 5.75 Å². The van der Waals surface area contributed by atoms with Crippen molar-refractivity contribution < 1.29 is 23.1 Å². The van der Waals surface area contributed by atoms with Gasteiger partial charge in [-0.25, -0.2) is 8.42 Å². The Bertz CT molecular complexity index is 612. The van der Waals surface area contributed by atoms with Gasteiger partial charge >= 0.3 is 5.97 Å². The van der Waals surface area contributed by atoms with Gasteiger partial charge in [-0.15, -0.1) is 0 Å². The molecule has 0 atom stereocenters. The molecule has 20 heavy (non-hydrogen) atoms. The van der Waals surface area contributed by atoms with Crippen molar-refractivity contribution in [1.29, 1.82) is 0 Å². The molecule has 0 aliphatic carbocycles. The van der Waals surface area contributed by atoms with Gasteiger partial charge in [0.25, 0.3) is 0 Å². The first kappa shape index (κ1) is 16.9. The number of ether oxygens (including phenoxy) is 1. The second-order valence-corrected chi connectivity index (χ2v) is 7.13. The number of halogens is 1. The average molecular weight is 366 g/mol. The van der Waals surface area contributed by atoms with E-state index in [1.165, 1.54) is 26.0 Å². The van der Waals surface area contributed by atoms with Gasteiger partial charge in [0.2, 0.25) is 10.0 Å². The highest BCUT2D eigenvalue weighted by atomic mass is 79.9. The molecule has 0 fully saturated rings. The predicted octanol–water partition coefficient (Wildman–Crippen LogP) is 1.99. The van der Waals surface area contributed by atoms with Crippen LogP contribution in [0.3, 0.4) is 0 Å². The highest BCUT2D eigenvalue weighted by Gasteiger charge is 2.34. The standard InChI is InChI=1S/C12H16BrNO5S/c1-4-19-9-6-5-8(13)7-10(9)20(17,18)14-12(2,3)11(15)16/h5-7,14H,4H2,1-3H3,(H,15,16). The van der Waals surface area contributed by atoms with Crippen LogP contribution in [0.15, 0.2) is 27.6 Å². The number of carboxylic acids is 1. The van der Waals surface area contributed by atoms with Gasteiger partial charge in [-0.3, -0.25) is 4.79 Å². The molecule has 0 saturated carbocycles. The molecule has 6 nitrogen and oxygen atoms in total. The van der Waals surface area contributed by atoms with Gasteiger partial charge < -0.3 is 9.84 Å². The molecule has 8 heteroatoms. The fourth-order valence-electron chi connectivity index (χ4n) is 1.40. The third kappa shape index (κ3) is 3.94. The number of rotatable bonds is 6. The maximum atomic E-state index is 12.3. The monoisotopic (exact) mass is 365 g/mol. The summed E-state index contributed by atoms with van der Waals surface area (Å²) in [6.07, 6.45) is 0. The normalized spacial score (nSPS) is 12.2. The molecule has 1 aromatic rings. The van der Waals surface area contributed by atoms with Gasteiger partial charge in [0.15, 0.2) is 0 Å². The van der Waals surface area contributed by atoms with E-state index in [9.17, 15) is 13.2 Å². The van der Waals surface area contributed by atoms with Crippen LogP contribution >= 0.6 is 15.9 Å². The number of carbonyl (C=O) groups is 1. The van der Waals surface area contributed by atoms with E-state index < -0.39 is 21.5 Å². The van der Waals surface area contributed by atoms with E-state index >= 15 is 0 Å². The summed E-state index contributed by atoms with van der Waals surface area (Å²) in [5, 5.41) is 9.01. The quantitative estimate of drug-likeness (QED) is 0.803. The molecular formula is C12H16BrNO5S. The summed E-state index contributed by atoms with van der Waals surface area (Å²) < 4.78 is 32.6. The second kappa shape index (κ2) is 6.11. The minimum absolute atomic E-state index is 0.108. The average Bonchev–Trinajstić information content (AvgIpc) is 2.30. The molecule has 0 bridgehead atoms. The van der Waals surface area contributed by atoms with Gasteiger partial charge in [-0.05, 0) is 39.0 Å². The Morgan fingerprint density at radius 3 is 2.55 bits per heavy atom. The lowest BCUT2D eigenvalue weighted by atomic mass is 10.1. The number of hydrogen-bond acceptors (Lipinski definition) is 4. The Kier molecular flexibility index (Phi) is 5.17. The van der Waals surface area contributed by atoms with E-state index in [0.29, 0.717) is 11.1 Å². The molecule has 0 aliphatic rings. The van der Waals surface area contributed by atoms with E-state index in [4.69, 9.17) is 9.84 Å². The van der Waals surface area contributed by atoms with Crippen LogP contribution in [0, 0.1) is 0 Å². The van der Waals surface area contributed by atoms with Gasteiger partial charge in [-0.2, -0.15) is 4.72 Å². The van der Waals surface area contributed by atoms with Crippen LogP contribution in [0.4, 0.5) is 0 Å². The van der Waals surface area contributed by atoms with Crippen LogP contribution in [0.2, 0.25) is 0 Å². The smallest absolute Gasteiger partial charge is 0.324 e. The molecular weight excluding hydrogens is 350 g/mol. The summed E-state index contributed by atoms with van der Waals surface area (Å²) in [4.78, 5) is 10.9. The zero-order valence-corrected chi connectivity index (χ0v) is 13.7. The lowest BCUT2D eigenvalue weighted by molar-refractivity contribution is -0.142. The van der Waals surface area contributed by atoms with Gasteiger partial charge in [-0.1, -0.05) is 15.9 Å². The molecule has 112 valence electrons. The number of benzene rings is 1. The van der Waals surface area contributed by atoms with E-state index in [1.807, 2.05) is 0 Å². The molecule has 1 rings (SSSR count). The summed E-state index contributed by atoms with van der Waals surface area (Å²) in [5.41, 5.74) is -1.62. The van der Waals surface area contributed by atoms with Crippen LogP contribution < -0.4 is 9.46 Å². The summed E-state index contributed by atoms with van der Waals surface area (Å²) >= 11 is 3.18. The molecule has 0 spiro atoms. The van der Waals surface area contributed by atoms with Crippen molar-refractivity contribution in [2.45, 2.75) is 31.2 Å². The minimum Gasteiger partial charge on any atom is -0.492 e. The predicted molar refractivity (Wildman–Crippen MR) is 77.3 cm³/mol. The van der Waals surface area contributed by atoms with E-state index in [0.717, 1.165) is 0 Å². The number of carboxylic acid groups (broad SMARTS) is 1. The summed E-state index contributed by atoms with van der Waals surface area (Å²) in [7, 11) is -4.02. The molecule has 0 aliphatic heterocycles. The maximum Gasteiger partial charge on any atom is 0.324 e. The van der Waals surface area contributed by atoms with Crippen molar-refractivity contribution in [3.05, 3.63) is 22.7 Å². The SMILES string of the molecule is CCOc1ccc(Br)cc1S(=O)(=O)NC(C)(C)C(=O)O. The zero-order valence-electron chi connectivity index (χ0n) is 11.3. The van der Waals surface area contributed by atoms with E-state index in [-0.39, 0.29) is 10.6 Å². The van der Waals surface area contributed by atoms with Crippen LogP contribution in [0.25, 0.3) is 0 Å². The molecule has 0 unspecified atom stereocenters. The number of hydrogen-bond donors (Lipinski definition) is 2. The minimum atomic E-state index is -4.02. The number of nitrogens with one attached hydrogen (secondary N) is 1. The molecule has 0 amide bonds. The first-order valence-electron chi connectivity index (χ1n) is 5.80. The van der Waals surface area contributed by atoms with Crippen LogP contribution in [-0.2, 0) is 14.8 Å². The second-order valence-electron chi connectivity index (χ2n) is 4.56. The Hall–Kier alpha value is -1.12. The van der Waals surface area contributed by atoms with Crippen molar-refractivity contribution in [2.75, 3.05) is 6.61 Å². The van der Waals surface area contributed by atoms with E-state index in [1.54, 1.807) is 13.0 Å². The van der Waals surface area contributed by atoms with Gasteiger partial charge in [0, 0.05) is 4.47 Å². The molecule has 0 saturated heterocycles. The fraction of sp³-hybridized carbons (Fsp3) is 0.417. The molecule has 1 aromatic carbocycles. The largest absolute Gasteiger partial charge is 0.492 e. The van der Waals surface area contributed by atoms with Gasteiger partial charge in [0.1, 0.15) is 16.2 Å². The molecule has 0 aromatic heterocycles. The van der Waals surface area contributed by atoms with Crippen molar-refractivity contribution in [2.24, 2.45) is 0 Å². The summed E-state index contributed by atoms with van der Waals surface area (Å²) in [5.74, 6) is -1.10. The van der Waals surface area contributed by atoms with Crippen molar-refractivity contribution >= 4 is 31.9 Å². The molecule has 2 N–H and O–H groups in total. The highest BCUT2D eigenvalue weighted by molar-refractivity contribution is 9.10. The zero-order chi connectivity index (χ0) is 15.6. The fourth-order valence-corrected chi connectivity index (χ4v) is 3.46. The molecule has 0 heterocycles. The number of aliphatic carboxylic acids is 1. The van der Waals surface area contributed by atoms with Crippen LogP contribution in [-0.4, -0.2) is 31.6 Å². The van der Waals surface area contributed by atoms with Crippen molar-refractivity contribution in [3.63, 3.8) is 0 Å². The lowest BCUT2D eigenvalue weighted by Gasteiger charge is -2.21. The van der Waals surface area contributed by atoms with E-state index in [2.05, 4.69) is 20.7 Å². The number of sulfonamides is 1. The summed E-state index contributed by atoms with van der Waals surface area (Å²) in [6, 6.07) is 4.52. The maximum absolute atomic E-state index is 12.3. The lowest BCUT2D eigenvalue weighted by Crippen LogP contribution is -2.49.